The molecule has 0 spiro atoms. The third-order valence-electron chi connectivity index (χ3n) is 1.77. The van der Waals surface area contributed by atoms with E-state index in [2.05, 4.69) is 4.98 Å². The van der Waals surface area contributed by atoms with Crippen LogP contribution in [0.4, 0.5) is 0 Å². The predicted molar refractivity (Wildman–Crippen MR) is 55.4 cm³/mol. The first-order valence-electron chi connectivity index (χ1n) is 4.26. The summed E-state index contributed by atoms with van der Waals surface area (Å²) in [6, 6.07) is 0. The molecule has 0 aliphatic rings. The number of methoxy groups -OCH3 is 2. The number of hydrogen-bond acceptors (Lipinski definition) is 4. The molecule has 1 aromatic rings. The van der Waals surface area contributed by atoms with Crippen molar-refractivity contribution in [1.82, 2.24) is 4.98 Å². The van der Waals surface area contributed by atoms with Gasteiger partial charge in [-0.3, -0.25) is 4.98 Å². The molecule has 0 aliphatic heterocycles. The lowest BCUT2D eigenvalue weighted by atomic mass is 10.2. The van der Waals surface area contributed by atoms with Crippen LogP contribution < -0.4 is 15.2 Å². The number of nitrogens with zero attached hydrogens (tertiary/aromatic N) is 1. The second-order valence-corrected chi connectivity index (χ2v) is 2.60. The van der Waals surface area contributed by atoms with Gasteiger partial charge in [-0.05, 0) is 0 Å². The first-order chi connectivity index (χ1) is 6.83. The van der Waals surface area contributed by atoms with E-state index in [-0.39, 0.29) is 0 Å². The fourth-order valence-electron chi connectivity index (χ4n) is 1.11. The highest BCUT2D eigenvalue weighted by Crippen LogP contribution is 2.27. The minimum absolute atomic E-state index is 0.481. The number of pyridine rings is 1. The molecule has 1 heterocycles. The van der Waals surface area contributed by atoms with E-state index in [0.29, 0.717) is 18.0 Å². The fourth-order valence-corrected chi connectivity index (χ4v) is 1.11. The molecule has 0 bridgehead atoms. The molecule has 1 aromatic heterocycles. The molecule has 76 valence electrons. The van der Waals surface area contributed by atoms with Crippen LogP contribution in [0.1, 0.15) is 5.56 Å². The molecule has 0 fully saturated rings. The molecule has 0 radical (unpaired) electrons. The number of ether oxygens (including phenoxy) is 2. The highest BCUT2D eigenvalue weighted by Gasteiger charge is 2.06. The smallest absolute Gasteiger partial charge is 0.148 e. The zero-order valence-electron chi connectivity index (χ0n) is 8.36. The van der Waals surface area contributed by atoms with E-state index in [1.165, 1.54) is 0 Å². The molecule has 14 heavy (non-hydrogen) atoms. The SMILES string of the molecule is COc1cncc(OC)c1/C=C/CN. The van der Waals surface area contributed by atoms with Crippen LogP contribution in [0.3, 0.4) is 0 Å². The molecule has 0 atom stereocenters. The van der Waals surface area contributed by atoms with E-state index in [4.69, 9.17) is 15.2 Å². The second-order valence-electron chi connectivity index (χ2n) is 2.60. The van der Waals surface area contributed by atoms with E-state index in [1.54, 1.807) is 26.6 Å². The summed E-state index contributed by atoms with van der Waals surface area (Å²) in [7, 11) is 3.19. The summed E-state index contributed by atoms with van der Waals surface area (Å²) < 4.78 is 10.3. The normalized spacial score (nSPS) is 10.5. The van der Waals surface area contributed by atoms with Gasteiger partial charge in [0, 0.05) is 6.54 Å². The van der Waals surface area contributed by atoms with Crippen LogP contribution in [0.2, 0.25) is 0 Å². The second kappa shape index (κ2) is 5.24. The van der Waals surface area contributed by atoms with Crippen molar-refractivity contribution in [3.05, 3.63) is 24.0 Å². The summed E-state index contributed by atoms with van der Waals surface area (Å²) >= 11 is 0. The molecule has 2 N–H and O–H groups in total. The van der Waals surface area contributed by atoms with Gasteiger partial charge in [0.05, 0.1) is 32.2 Å². The highest BCUT2D eigenvalue weighted by molar-refractivity contribution is 5.63. The van der Waals surface area contributed by atoms with Gasteiger partial charge in [-0.15, -0.1) is 0 Å². The highest BCUT2D eigenvalue weighted by atomic mass is 16.5. The topological polar surface area (TPSA) is 57.4 Å². The van der Waals surface area contributed by atoms with E-state index in [1.807, 2.05) is 12.2 Å². The Morgan fingerprint density at radius 1 is 1.29 bits per heavy atom. The quantitative estimate of drug-likeness (QED) is 0.779. The zero-order chi connectivity index (χ0) is 10.4. The standard InChI is InChI=1S/C10H14N2O2/c1-13-9-6-12-7-10(14-2)8(9)4-3-5-11/h3-4,6-7H,5,11H2,1-2H3/b4-3+. The minimum Gasteiger partial charge on any atom is -0.494 e. The van der Waals surface area contributed by atoms with Gasteiger partial charge in [0.2, 0.25) is 0 Å². The van der Waals surface area contributed by atoms with E-state index < -0.39 is 0 Å². The Morgan fingerprint density at radius 3 is 2.29 bits per heavy atom. The number of rotatable bonds is 4. The first kappa shape index (κ1) is 10.5. The lowest BCUT2D eigenvalue weighted by molar-refractivity contribution is 0.389. The first-order valence-corrected chi connectivity index (χ1v) is 4.26. The molecular weight excluding hydrogens is 180 g/mol. The van der Waals surface area contributed by atoms with Crippen molar-refractivity contribution < 1.29 is 9.47 Å². The van der Waals surface area contributed by atoms with Gasteiger partial charge in [0.25, 0.3) is 0 Å². The van der Waals surface area contributed by atoms with Gasteiger partial charge < -0.3 is 15.2 Å². The van der Waals surface area contributed by atoms with E-state index in [9.17, 15) is 0 Å². The van der Waals surface area contributed by atoms with Crippen molar-refractivity contribution in [3.63, 3.8) is 0 Å². The number of aromatic nitrogens is 1. The van der Waals surface area contributed by atoms with Crippen LogP contribution in [0.25, 0.3) is 6.08 Å². The summed E-state index contributed by atoms with van der Waals surface area (Å²) in [6.07, 6.45) is 6.97. The summed E-state index contributed by atoms with van der Waals surface area (Å²) in [5.74, 6) is 1.35. The Bertz CT molecular complexity index is 302. The van der Waals surface area contributed by atoms with Crippen molar-refractivity contribution >= 4 is 6.08 Å². The Labute approximate surface area is 83.4 Å². The van der Waals surface area contributed by atoms with Gasteiger partial charge in [0.15, 0.2) is 0 Å². The molecule has 0 saturated carbocycles. The van der Waals surface area contributed by atoms with Crippen LogP contribution in [-0.2, 0) is 0 Å². The van der Waals surface area contributed by atoms with Crippen molar-refractivity contribution in [2.75, 3.05) is 20.8 Å². The predicted octanol–water partition coefficient (Wildman–Crippen LogP) is 1.07. The summed E-state index contributed by atoms with van der Waals surface area (Å²) in [5.41, 5.74) is 6.23. The van der Waals surface area contributed by atoms with Crippen LogP contribution in [0, 0.1) is 0 Å². The number of nitrogens with two attached hydrogens (primary N) is 1. The number of hydrogen-bond donors (Lipinski definition) is 1. The van der Waals surface area contributed by atoms with Crippen molar-refractivity contribution in [2.45, 2.75) is 0 Å². The Hall–Kier alpha value is -1.55. The van der Waals surface area contributed by atoms with E-state index in [0.717, 1.165) is 5.56 Å². The average molecular weight is 194 g/mol. The van der Waals surface area contributed by atoms with Crippen molar-refractivity contribution in [2.24, 2.45) is 5.73 Å². The van der Waals surface area contributed by atoms with Crippen molar-refractivity contribution in [3.8, 4) is 11.5 Å². The third-order valence-corrected chi connectivity index (χ3v) is 1.77. The third kappa shape index (κ3) is 2.23. The maximum absolute atomic E-state index is 5.38. The van der Waals surface area contributed by atoms with Crippen molar-refractivity contribution in [1.29, 1.82) is 0 Å². The van der Waals surface area contributed by atoms with Gasteiger partial charge in [-0.2, -0.15) is 0 Å². The summed E-state index contributed by atoms with van der Waals surface area (Å²) in [5, 5.41) is 0. The fraction of sp³-hybridized carbons (Fsp3) is 0.300. The van der Waals surface area contributed by atoms with Gasteiger partial charge in [-0.25, -0.2) is 0 Å². The van der Waals surface area contributed by atoms with Crippen LogP contribution in [0.5, 0.6) is 11.5 Å². The molecule has 0 amide bonds. The zero-order valence-corrected chi connectivity index (χ0v) is 8.36. The lowest BCUT2D eigenvalue weighted by Gasteiger charge is -2.08. The maximum Gasteiger partial charge on any atom is 0.148 e. The molecule has 4 heteroatoms. The van der Waals surface area contributed by atoms with Gasteiger partial charge >= 0.3 is 0 Å². The molecule has 0 unspecified atom stereocenters. The molecule has 4 nitrogen and oxygen atoms in total. The largest absolute Gasteiger partial charge is 0.494 e. The molecule has 0 saturated heterocycles. The Kier molecular flexibility index (Phi) is 3.94. The van der Waals surface area contributed by atoms with Crippen LogP contribution in [-0.4, -0.2) is 25.7 Å². The van der Waals surface area contributed by atoms with Gasteiger partial charge in [-0.1, -0.05) is 12.2 Å². The molecule has 0 aliphatic carbocycles. The molecule has 1 rings (SSSR count). The van der Waals surface area contributed by atoms with Crippen LogP contribution >= 0.6 is 0 Å². The average Bonchev–Trinajstić information content (AvgIpc) is 2.25. The molecule has 0 aromatic carbocycles. The minimum atomic E-state index is 0.481. The van der Waals surface area contributed by atoms with Crippen LogP contribution in [0.15, 0.2) is 18.5 Å². The Balaban J connectivity index is 3.12. The van der Waals surface area contributed by atoms with Gasteiger partial charge in [0.1, 0.15) is 11.5 Å². The Morgan fingerprint density at radius 2 is 1.86 bits per heavy atom. The monoisotopic (exact) mass is 194 g/mol. The maximum atomic E-state index is 5.38. The lowest BCUT2D eigenvalue weighted by Crippen LogP contribution is -1.95. The molecular formula is C10H14N2O2. The van der Waals surface area contributed by atoms with E-state index >= 15 is 0 Å². The summed E-state index contributed by atoms with van der Waals surface area (Å²) in [6.45, 7) is 0.481. The summed E-state index contributed by atoms with van der Waals surface area (Å²) in [4.78, 5) is 3.98.